The summed E-state index contributed by atoms with van der Waals surface area (Å²) >= 11 is 0. The number of nitrogens with zero attached hydrogens (tertiary/aromatic N) is 4. The highest BCUT2D eigenvalue weighted by molar-refractivity contribution is 5.96. The highest BCUT2D eigenvalue weighted by Crippen LogP contribution is 2.46. The van der Waals surface area contributed by atoms with Crippen LogP contribution in [0.4, 0.5) is 0 Å². The average Bonchev–Trinajstić information content (AvgIpc) is 3.52. The predicted molar refractivity (Wildman–Crippen MR) is 240 cm³/mol. The van der Waals surface area contributed by atoms with Crippen LogP contribution in [0, 0.1) is 20.8 Å². The minimum Gasteiger partial charge on any atom is -0.507 e. The Labute approximate surface area is 339 Å². The summed E-state index contributed by atoms with van der Waals surface area (Å²) < 4.78 is 2.25. The van der Waals surface area contributed by atoms with Crippen LogP contribution in [0.3, 0.4) is 0 Å². The standard InChI is InChI=1S/C52H58N4O/c1-30(2)39-17-16-18-40(31(3)4)47(39)56-49(42-28-38(51(8,9)10)29-43(48(42)57)52(11,12)13)55-46-41(20-22-54-50(46)56)35-25-36(44-19-14-15-21-53-44)27-37(26-35)45-33(6)23-32(5)24-34(45)7/h14-31,57H,1-13H3. The quantitative estimate of drug-likeness (QED) is 0.176. The molecule has 4 aromatic carbocycles. The number of hydrogen-bond acceptors (Lipinski definition) is 4. The summed E-state index contributed by atoms with van der Waals surface area (Å²) in [5, 5.41) is 12.4. The number of phenolic OH excluding ortho intramolecular Hbond substituents is 1. The number of imidazole rings is 1. The zero-order valence-electron chi connectivity index (χ0n) is 36.1. The van der Waals surface area contributed by atoms with Crippen LogP contribution in [-0.2, 0) is 10.8 Å². The van der Waals surface area contributed by atoms with Gasteiger partial charge in [0.1, 0.15) is 11.3 Å². The summed E-state index contributed by atoms with van der Waals surface area (Å²) in [7, 11) is 0. The van der Waals surface area contributed by atoms with E-state index in [0.29, 0.717) is 11.4 Å². The molecule has 7 rings (SSSR count). The molecule has 0 amide bonds. The molecule has 0 saturated heterocycles. The van der Waals surface area contributed by atoms with Gasteiger partial charge in [-0.25, -0.2) is 9.97 Å². The monoisotopic (exact) mass is 754 g/mol. The molecule has 3 heterocycles. The lowest BCUT2D eigenvalue weighted by atomic mass is 9.79. The van der Waals surface area contributed by atoms with Crippen molar-refractivity contribution in [2.75, 3.05) is 0 Å². The van der Waals surface area contributed by atoms with Crippen molar-refractivity contribution >= 4 is 11.2 Å². The van der Waals surface area contributed by atoms with E-state index in [-0.39, 0.29) is 28.4 Å². The number of rotatable bonds is 7. The van der Waals surface area contributed by atoms with Gasteiger partial charge in [-0.15, -0.1) is 0 Å². The summed E-state index contributed by atoms with van der Waals surface area (Å²) in [6.07, 6.45) is 3.76. The second kappa shape index (κ2) is 14.8. The first-order chi connectivity index (χ1) is 26.8. The average molecular weight is 755 g/mol. The van der Waals surface area contributed by atoms with E-state index in [9.17, 15) is 5.11 Å². The van der Waals surface area contributed by atoms with Crippen LogP contribution in [-0.4, -0.2) is 24.6 Å². The highest BCUT2D eigenvalue weighted by atomic mass is 16.3. The molecular formula is C52H58N4O. The number of pyridine rings is 2. The third kappa shape index (κ3) is 7.41. The maximum absolute atomic E-state index is 12.4. The molecule has 292 valence electrons. The summed E-state index contributed by atoms with van der Waals surface area (Å²) in [6, 6.07) is 30.4. The van der Waals surface area contributed by atoms with Crippen molar-refractivity contribution in [3.8, 4) is 56.3 Å². The van der Waals surface area contributed by atoms with Gasteiger partial charge in [-0.05, 0) is 130 Å². The molecule has 0 unspecified atom stereocenters. The molecule has 0 saturated carbocycles. The number of aromatic hydroxyl groups is 1. The Morgan fingerprint density at radius 1 is 0.614 bits per heavy atom. The SMILES string of the molecule is Cc1cc(C)c(-c2cc(-c3ccccn3)cc(-c3ccnc4c3nc(-c3cc(C(C)(C)C)cc(C(C)(C)C)c3O)n4-c3c(C(C)C)cccc3C(C)C)c2)c(C)c1. The minimum atomic E-state index is -0.312. The second-order valence-corrected chi connectivity index (χ2v) is 18.6. The Kier molecular flexibility index (Phi) is 10.3. The molecule has 5 heteroatoms. The van der Waals surface area contributed by atoms with Crippen molar-refractivity contribution in [1.29, 1.82) is 0 Å². The molecule has 0 radical (unpaired) electrons. The van der Waals surface area contributed by atoms with Gasteiger partial charge in [-0.1, -0.05) is 117 Å². The molecule has 5 nitrogen and oxygen atoms in total. The summed E-state index contributed by atoms with van der Waals surface area (Å²) in [5.41, 5.74) is 17.3. The topological polar surface area (TPSA) is 63.8 Å². The second-order valence-electron chi connectivity index (χ2n) is 18.6. The van der Waals surface area contributed by atoms with Crippen LogP contribution >= 0.6 is 0 Å². The molecular weight excluding hydrogens is 697 g/mol. The number of aryl methyl sites for hydroxylation is 3. The minimum absolute atomic E-state index is 0.170. The maximum Gasteiger partial charge on any atom is 0.165 e. The van der Waals surface area contributed by atoms with Gasteiger partial charge in [0.2, 0.25) is 0 Å². The smallest absolute Gasteiger partial charge is 0.165 e. The Hall–Kier alpha value is -5.55. The summed E-state index contributed by atoms with van der Waals surface area (Å²) in [4.78, 5) is 15.6. The van der Waals surface area contributed by atoms with Crippen molar-refractivity contribution in [1.82, 2.24) is 19.5 Å². The number of phenols is 1. The third-order valence-corrected chi connectivity index (χ3v) is 11.3. The zero-order valence-corrected chi connectivity index (χ0v) is 36.1. The first-order valence-corrected chi connectivity index (χ1v) is 20.4. The first kappa shape index (κ1) is 39.7. The number of benzene rings is 4. The Balaban J connectivity index is 1.64. The lowest BCUT2D eigenvalue weighted by Crippen LogP contribution is -2.17. The molecule has 0 aliphatic rings. The molecule has 0 fully saturated rings. The molecule has 0 aliphatic carbocycles. The van der Waals surface area contributed by atoms with Gasteiger partial charge in [0.15, 0.2) is 11.5 Å². The Bertz CT molecular complexity index is 2580. The molecule has 0 aliphatic heterocycles. The number of para-hydroxylation sites is 1. The van der Waals surface area contributed by atoms with Crippen LogP contribution in [0.5, 0.6) is 5.75 Å². The van der Waals surface area contributed by atoms with Crippen LogP contribution < -0.4 is 0 Å². The zero-order chi connectivity index (χ0) is 41.1. The van der Waals surface area contributed by atoms with Gasteiger partial charge in [-0.3, -0.25) is 9.55 Å². The molecule has 0 bridgehead atoms. The molecule has 1 N–H and O–H groups in total. The molecule has 7 aromatic rings. The van der Waals surface area contributed by atoms with Crippen LogP contribution in [0.15, 0.2) is 97.3 Å². The van der Waals surface area contributed by atoms with Gasteiger partial charge in [0.25, 0.3) is 0 Å². The van der Waals surface area contributed by atoms with E-state index >= 15 is 0 Å². The van der Waals surface area contributed by atoms with E-state index in [1.54, 1.807) is 0 Å². The Morgan fingerprint density at radius 3 is 1.82 bits per heavy atom. The van der Waals surface area contributed by atoms with Crippen molar-refractivity contribution in [2.45, 2.75) is 113 Å². The van der Waals surface area contributed by atoms with E-state index < -0.39 is 0 Å². The predicted octanol–water partition coefficient (Wildman–Crippen LogP) is 14.0. The van der Waals surface area contributed by atoms with Gasteiger partial charge in [-0.2, -0.15) is 0 Å². The fraction of sp³-hybridized carbons (Fsp3) is 0.327. The molecule has 57 heavy (non-hydrogen) atoms. The normalized spacial score (nSPS) is 12.3. The molecule has 3 aromatic heterocycles. The fourth-order valence-corrected chi connectivity index (χ4v) is 8.42. The van der Waals surface area contributed by atoms with Crippen LogP contribution in [0.25, 0.3) is 61.8 Å². The van der Waals surface area contributed by atoms with Crippen LogP contribution in [0.2, 0.25) is 0 Å². The summed E-state index contributed by atoms with van der Waals surface area (Å²) in [6.45, 7) is 28.7. The fourth-order valence-electron chi connectivity index (χ4n) is 8.42. The molecule has 0 atom stereocenters. The maximum atomic E-state index is 12.4. The number of hydrogen-bond donors (Lipinski definition) is 1. The van der Waals surface area contributed by atoms with Gasteiger partial charge >= 0.3 is 0 Å². The van der Waals surface area contributed by atoms with Gasteiger partial charge in [0, 0.05) is 29.1 Å². The third-order valence-electron chi connectivity index (χ3n) is 11.3. The van der Waals surface area contributed by atoms with Crippen molar-refractivity contribution in [2.24, 2.45) is 0 Å². The van der Waals surface area contributed by atoms with E-state index in [1.165, 1.54) is 33.4 Å². The van der Waals surface area contributed by atoms with Gasteiger partial charge in [0.05, 0.1) is 16.9 Å². The van der Waals surface area contributed by atoms with Crippen molar-refractivity contribution in [3.05, 3.63) is 136 Å². The van der Waals surface area contributed by atoms with E-state index in [1.807, 2.05) is 24.5 Å². The number of aromatic nitrogens is 4. The Morgan fingerprint density at radius 2 is 1.25 bits per heavy atom. The lowest BCUT2D eigenvalue weighted by molar-refractivity contribution is 0.446. The van der Waals surface area contributed by atoms with E-state index in [2.05, 4.69) is 167 Å². The van der Waals surface area contributed by atoms with E-state index in [4.69, 9.17) is 15.0 Å². The largest absolute Gasteiger partial charge is 0.507 e. The van der Waals surface area contributed by atoms with Gasteiger partial charge < -0.3 is 5.11 Å². The van der Waals surface area contributed by atoms with E-state index in [0.717, 1.165) is 55.9 Å². The highest BCUT2D eigenvalue weighted by Gasteiger charge is 2.30. The first-order valence-electron chi connectivity index (χ1n) is 20.4. The van der Waals surface area contributed by atoms with Crippen molar-refractivity contribution in [3.63, 3.8) is 0 Å². The molecule has 0 spiro atoms. The summed E-state index contributed by atoms with van der Waals surface area (Å²) in [5.74, 6) is 1.39. The lowest BCUT2D eigenvalue weighted by Gasteiger charge is -2.28. The number of fused-ring (bicyclic) bond motifs is 1. The van der Waals surface area contributed by atoms with Crippen molar-refractivity contribution < 1.29 is 5.11 Å². The van der Waals surface area contributed by atoms with Crippen LogP contribution in [0.1, 0.15) is 120 Å².